The average molecular weight is 293 g/mol. The van der Waals surface area contributed by atoms with E-state index in [0.717, 1.165) is 6.26 Å². The fourth-order valence-electron chi connectivity index (χ4n) is 1.86. The Kier molecular flexibility index (Phi) is 3.94. The van der Waals surface area contributed by atoms with Crippen LogP contribution in [0.2, 0.25) is 0 Å². The monoisotopic (exact) mass is 293 g/mol. The molecule has 2 rings (SSSR count). The van der Waals surface area contributed by atoms with Gasteiger partial charge in [0.1, 0.15) is 5.76 Å². The van der Waals surface area contributed by atoms with E-state index in [1.807, 2.05) is 0 Å². The van der Waals surface area contributed by atoms with Crippen molar-refractivity contribution in [1.82, 2.24) is 5.32 Å². The van der Waals surface area contributed by atoms with Gasteiger partial charge in [0.2, 0.25) is 0 Å². The van der Waals surface area contributed by atoms with Gasteiger partial charge in [0, 0.05) is 6.26 Å². The third-order valence-corrected chi connectivity index (χ3v) is 4.00. The normalized spacial score (nSPS) is 12.9. The number of carbonyl (C=O) groups excluding carboxylic acids is 1. The molecule has 0 fully saturated rings. The minimum atomic E-state index is -3.45. The Morgan fingerprint density at radius 2 is 1.90 bits per heavy atom. The Bertz CT molecular complexity index is 705. The molecule has 1 heterocycles. The molecule has 106 valence electrons. The largest absolute Gasteiger partial charge is 0.467 e. The summed E-state index contributed by atoms with van der Waals surface area (Å²) in [6.07, 6.45) is 2.59. The summed E-state index contributed by atoms with van der Waals surface area (Å²) >= 11 is 0. The summed E-state index contributed by atoms with van der Waals surface area (Å²) in [4.78, 5) is 12.2. The van der Waals surface area contributed by atoms with Crippen LogP contribution >= 0.6 is 0 Å². The summed E-state index contributed by atoms with van der Waals surface area (Å²) < 4.78 is 28.5. The van der Waals surface area contributed by atoms with Gasteiger partial charge in [-0.15, -0.1) is 0 Å². The molecule has 20 heavy (non-hydrogen) atoms. The molecule has 1 N–H and O–H groups in total. The first-order valence-electron chi connectivity index (χ1n) is 6.03. The lowest BCUT2D eigenvalue weighted by atomic mass is 10.2. The van der Waals surface area contributed by atoms with E-state index in [2.05, 4.69) is 5.32 Å². The van der Waals surface area contributed by atoms with E-state index in [0.29, 0.717) is 5.76 Å². The van der Waals surface area contributed by atoms with Crippen LogP contribution < -0.4 is 5.32 Å². The number of rotatable bonds is 4. The summed E-state index contributed by atoms with van der Waals surface area (Å²) in [5.74, 6) is 0.158. The number of nitrogens with one attached hydrogen (secondary N) is 1. The van der Waals surface area contributed by atoms with Crippen molar-refractivity contribution >= 4 is 15.7 Å². The van der Waals surface area contributed by atoms with Gasteiger partial charge in [-0.2, -0.15) is 0 Å². The maximum atomic E-state index is 12.2. The Morgan fingerprint density at radius 1 is 1.20 bits per heavy atom. The minimum absolute atomic E-state index is 0.0177. The number of amides is 1. The van der Waals surface area contributed by atoms with Gasteiger partial charge in [0.25, 0.3) is 5.91 Å². The fourth-order valence-corrected chi connectivity index (χ4v) is 2.75. The van der Waals surface area contributed by atoms with Crippen LogP contribution in [0.4, 0.5) is 0 Å². The van der Waals surface area contributed by atoms with Crippen LogP contribution in [0.3, 0.4) is 0 Å². The summed E-state index contributed by atoms with van der Waals surface area (Å²) in [7, 11) is -3.45. The van der Waals surface area contributed by atoms with Crippen molar-refractivity contribution in [3.05, 3.63) is 54.0 Å². The van der Waals surface area contributed by atoms with E-state index < -0.39 is 15.7 Å². The van der Waals surface area contributed by atoms with Crippen molar-refractivity contribution in [2.45, 2.75) is 17.9 Å². The van der Waals surface area contributed by atoms with Crippen LogP contribution in [0, 0.1) is 0 Å². The van der Waals surface area contributed by atoms with Gasteiger partial charge >= 0.3 is 0 Å². The maximum Gasteiger partial charge on any atom is 0.253 e. The smallest absolute Gasteiger partial charge is 0.253 e. The van der Waals surface area contributed by atoms with Crippen LogP contribution in [0.25, 0.3) is 0 Å². The first-order valence-corrected chi connectivity index (χ1v) is 7.92. The van der Waals surface area contributed by atoms with E-state index in [4.69, 9.17) is 4.42 Å². The molecule has 2 aromatic rings. The molecule has 1 amide bonds. The second-order valence-corrected chi connectivity index (χ2v) is 6.46. The number of furan rings is 1. The lowest BCUT2D eigenvalue weighted by molar-refractivity contribution is 0.0932. The van der Waals surface area contributed by atoms with Crippen molar-refractivity contribution in [3.8, 4) is 0 Å². The molecule has 0 aliphatic rings. The zero-order valence-electron chi connectivity index (χ0n) is 11.2. The lowest BCUT2D eigenvalue weighted by Gasteiger charge is -2.13. The van der Waals surface area contributed by atoms with Crippen LogP contribution in [-0.4, -0.2) is 20.6 Å². The maximum absolute atomic E-state index is 12.2. The standard InChI is InChI=1S/C14H15NO4S/c1-10(12-7-5-9-19-12)15-14(16)11-6-3-4-8-13(11)20(2,17)18/h3-10H,1-2H3,(H,15,16)/t10-/m1/s1. The van der Waals surface area contributed by atoms with Crippen LogP contribution in [0.5, 0.6) is 0 Å². The van der Waals surface area contributed by atoms with Crippen molar-refractivity contribution in [3.63, 3.8) is 0 Å². The molecule has 0 spiro atoms. The zero-order valence-corrected chi connectivity index (χ0v) is 12.0. The topological polar surface area (TPSA) is 76.4 Å². The number of hydrogen-bond donors (Lipinski definition) is 1. The molecule has 0 radical (unpaired) electrons. The summed E-state index contributed by atoms with van der Waals surface area (Å²) in [5.41, 5.74) is 0.133. The van der Waals surface area contributed by atoms with Crippen molar-refractivity contribution < 1.29 is 17.6 Å². The molecular formula is C14H15NO4S. The van der Waals surface area contributed by atoms with Crippen molar-refractivity contribution in [2.24, 2.45) is 0 Å². The SMILES string of the molecule is C[C@@H](NC(=O)c1ccccc1S(C)(=O)=O)c1ccco1. The van der Waals surface area contributed by atoms with Gasteiger partial charge in [-0.1, -0.05) is 12.1 Å². The third-order valence-electron chi connectivity index (χ3n) is 2.85. The second-order valence-electron chi connectivity index (χ2n) is 4.48. The highest BCUT2D eigenvalue weighted by atomic mass is 32.2. The van der Waals surface area contributed by atoms with E-state index in [9.17, 15) is 13.2 Å². The Balaban J connectivity index is 2.27. The summed E-state index contributed by atoms with van der Waals surface area (Å²) in [5, 5.41) is 2.71. The van der Waals surface area contributed by atoms with Crippen LogP contribution in [-0.2, 0) is 9.84 Å². The number of benzene rings is 1. The van der Waals surface area contributed by atoms with E-state index >= 15 is 0 Å². The van der Waals surface area contributed by atoms with Crippen LogP contribution in [0.15, 0.2) is 52.0 Å². The molecule has 0 aliphatic heterocycles. The summed E-state index contributed by atoms with van der Waals surface area (Å²) in [6, 6.07) is 9.24. The van der Waals surface area contributed by atoms with Gasteiger partial charge in [-0.05, 0) is 31.2 Å². The van der Waals surface area contributed by atoms with E-state index in [1.54, 1.807) is 31.2 Å². The first-order chi connectivity index (χ1) is 9.39. The Hall–Kier alpha value is -2.08. The highest BCUT2D eigenvalue weighted by Crippen LogP contribution is 2.18. The molecule has 1 aromatic heterocycles. The molecule has 0 saturated heterocycles. The van der Waals surface area contributed by atoms with E-state index in [1.165, 1.54) is 18.4 Å². The number of sulfone groups is 1. The molecule has 5 nitrogen and oxygen atoms in total. The van der Waals surface area contributed by atoms with Gasteiger partial charge < -0.3 is 9.73 Å². The molecule has 0 bridgehead atoms. The zero-order chi connectivity index (χ0) is 14.8. The average Bonchev–Trinajstić information content (AvgIpc) is 2.91. The number of hydrogen-bond acceptors (Lipinski definition) is 4. The molecule has 6 heteroatoms. The van der Waals surface area contributed by atoms with Gasteiger partial charge in [-0.3, -0.25) is 4.79 Å². The fraction of sp³-hybridized carbons (Fsp3) is 0.214. The molecule has 1 atom stereocenters. The minimum Gasteiger partial charge on any atom is -0.467 e. The highest BCUT2D eigenvalue weighted by Gasteiger charge is 2.20. The quantitative estimate of drug-likeness (QED) is 0.937. The molecule has 0 aliphatic carbocycles. The predicted octanol–water partition coefficient (Wildman–Crippen LogP) is 2.17. The van der Waals surface area contributed by atoms with Crippen molar-refractivity contribution in [1.29, 1.82) is 0 Å². The van der Waals surface area contributed by atoms with Crippen LogP contribution in [0.1, 0.15) is 29.1 Å². The third kappa shape index (κ3) is 3.08. The Morgan fingerprint density at radius 3 is 2.50 bits per heavy atom. The lowest BCUT2D eigenvalue weighted by Crippen LogP contribution is -2.27. The first kappa shape index (κ1) is 14.3. The molecule has 0 unspecified atom stereocenters. The van der Waals surface area contributed by atoms with Gasteiger partial charge in [-0.25, -0.2) is 8.42 Å². The van der Waals surface area contributed by atoms with Gasteiger partial charge in [0.05, 0.1) is 22.8 Å². The van der Waals surface area contributed by atoms with Crippen molar-refractivity contribution in [2.75, 3.05) is 6.26 Å². The Labute approximate surface area is 117 Å². The second kappa shape index (κ2) is 5.50. The molecule has 0 saturated carbocycles. The highest BCUT2D eigenvalue weighted by molar-refractivity contribution is 7.90. The van der Waals surface area contributed by atoms with Gasteiger partial charge in [0.15, 0.2) is 9.84 Å². The summed E-state index contributed by atoms with van der Waals surface area (Å²) in [6.45, 7) is 1.76. The predicted molar refractivity (Wildman–Crippen MR) is 74.1 cm³/mol. The molecule has 1 aromatic carbocycles. The van der Waals surface area contributed by atoms with E-state index in [-0.39, 0.29) is 16.5 Å². The number of carbonyl (C=O) groups is 1. The molecular weight excluding hydrogens is 278 g/mol.